The molecule has 0 radical (unpaired) electrons. The molecule has 0 spiro atoms. The van der Waals surface area contributed by atoms with Gasteiger partial charge in [0.05, 0.1) is 5.41 Å². The first-order chi connectivity index (χ1) is 12.2. The maximum absolute atomic E-state index is 12.6. The zero-order valence-corrected chi connectivity index (χ0v) is 14.9. The predicted octanol–water partition coefficient (Wildman–Crippen LogP) is 4.57. The molecule has 0 aliphatic heterocycles. The molecule has 3 nitrogen and oxygen atoms in total. The van der Waals surface area contributed by atoms with Crippen LogP contribution in [-0.2, 0) is 10.2 Å². The van der Waals surface area contributed by atoms with E-state index in [4.69, 9.17) is 0 Å². The van der Waals surface area contributed by atoms with Gasteiger partial charge in [0.15, 0.2) is 0 Å². The highest BCUT2D eigenvalue weighted by Crippen LogP contribution is 2.44. The van der Waals surface area contributed by atoms with E-state index in [2.05, 4.69) is 53.6 Å². The van der Waals surface area contributed by atoms with E-state index in [-0.39, 0.29) is 11.3 Å². The van der Waals surface area contributed by atoms with Crippen LogP contribution in [0.15, 0.2) is 42.6 Å². The first kappa shape index (κ1) is 16.3. The van der Waals surface area contributed by atoms with Crippen LogP contribution in [0.2, 0.25) is 0 Å². The van der Waals surface area contributed by atoms with E-state index in [1.165, 1.54) is 24.1 Å². The van der Waals surface area contributed by atoms with Gasteiger partial charge in [0.2, 0.25) is 5.91 Å². The third-order valence-electron chi connectivity index (χ3n) is 5.73. The van der Waals surface area contributed by atoms with Crippen LogP contribution in [0.25, 0.3) is 11.1 Å². The standard InChI is InChI=1S/C22H26N2O/c1-2-14-23-21(25)22(12-3-13-22)19-9-6-16(7-10-19)18-8-11-20(24-15-18)17-4-5-17/h6-11,15,17H,2-5,12-14H2,1H3,(H,23,25). The Morgan fingerprint density at radius 2 is 1.84 bits per heavy atom. The van der Waals surface area contributed by atoms with Crippen LogP contribution in [0.1, 0.15) is 62.6 Å². The fraction of sp³-hybridized carbons (Fsp3) is 0.455. The van der Waals surface area contributed by atoms with Crippen molar-refractivity contribution in [2.45, 2.75) is 56.8 Å². The second kappa shape index (κ2) is 6.62. The SMILES string of the molecule is CCCNC(=O)C1(c2ccc(-c3ccc(C4CC4)nc3)cc2)CCC1. The van der Waals surface area contributed by atoms with Gasteiger partial charge in [0, 0.05) is 29.9 Å². The predicted molar refractivity (Wildman–Crippen MR) is 100 cm³/mol. The van der Waals surface area contributed by atoms with E-state index in [1.54, 1.807) is 0 Å². The van der Waals surface area contributed by atoms with Crippen LogP contribution in [0.3, 0.4) is 0 Å². The Morgan fingerprint density at radius 3 is 2.36 bits per heavy atom. The van der Waals surface area contributed by atoms with E-state index in [0.29, 0.717) is 5.92 Å². The number of pyridine rings is 1. The van der Waals surface area contributed by atoms with Gasteiger partial charge in [-0.3, -0.25) is 9.78 Å². The van der Waals surface area contributed by atoms with Gasteiger partial charge in [-0.25, -0.2) is 0 Å². The van der Waals surface area contributed by atoms with Crippen LogP contribution in [0.5, 0.6) is 0 Å². The van der Waals surface area contributed by atoms with Gasteiger partial charge in [0.1, 0.15) is 0 Å². The minimum Gasteiger partial charge on any atom is -0.355 e. The number of nitrogens with one attached hydrogen (secondary N) is 1. The Hall–Kier alpha value is -2.16. The summed E-state index contributed by atoms with van der Waals surface area (Å²) in [6.45, 7) is 2.85. The quantitative estimate of drug-likeness (QED) is 0.840. The molecule has 2 aromatic rings. The lowest BCUT2D eigenvalue weighted by Gasteiger charge is -2.40. The van der Waals surface area contributed by atoms with Crippen molar-refractivity contribution in [2.24, 2.45) is 0 Å². The molecule has 1 aromatic heterocycles. The van der Waals surface area contributed by atoms with Gasteiger partial charge < -0.3 is 5.32 Å². The lowest BCUT2D eigenvalue weighted by Crippen LogP contribution is -2.49. The normalized spacial score (nSPS) is 18.4. The Balaban J connectivity index is 1.53. The number of benzene rings is 1. The molecule has 25 heavy (non-hydrogen) atoms. The van der Waals surface area contributed by atoms with E-state index in [9.17, 15) is 4.79 Å². The number of carbonyl (C=O) groups excluding carboxylic acids is 1. The molecule has 1 heterocycles. The summed E-state index contributed by atoms with van der Waals surface area (Å²) < 4.78 is 0. The van der Waals surface area contributed by atoms with Crippen molar-refractivity contribution in [3.05, 3.63) is 53.9 Å². The Morgan fingerprint density at radius 1 is 1.12 bits per heavy atom. The monoisotopic (exact) mass is 334 g/mol. The molecule has 130 valence electrons. The number of nitrogens with zero attached hydrogens (tertiary/aromatic N) is 1. The van der Waals surface area contributed by atoms with E-state index < -0.39 is 0 Å². The summed E-state index contributed by atoms with van der Waals surface area (Å²) in [6, 6.07) is 12.9. The number of carbonyl (C=O) groups is 1. The topological polar surface area (TPSA) is 42.0 Å². The highest BCUT2D eigenvalue weighted by Gasteiger charge is 2.45. The van der Waals surface area contributed by atoms with Crippen molar-refractivity contribution in [1.29, 1.82) is 0 Å². The molecule has 4 rings (SSSR count). The van der Waals surface area contributed by atoms with Crippen molar-refractivity contribution in [2.75, 3.05) is 6.54 Å². The summed E-state index contributed by atoms with van der Waals surface area (Å²) in [5, 5.41) is 3.09. The number of rotatable bonds is 6. The fourth-order valence-corrected chi connectivity index (χ4v) is 3.76. The third kappa shape index (κ3) is 3.08. The smallest absolute Gasteiger partial charge is 0.230 e. The molecule has 0 bridgehead atoms. The van der Waals surface area contributed by atoms with Crippen molar-refractivity contribution < 1.29 is 4.79 Å². The molecule has 0 unspecified atom stereocenters. The average molecular weight is 334 g/mol. The second-order valence-electron chi connectivity index (χ2n) is 7.51. The Labute approximate surface area is 149 Å². The van der Waals surface area contributed by atoms with Crippen LogP contribution in [0, 0.1) is 0 Å². The zero-order chi connectivity index (χ0) is 17.3. The van der Waals surface area contributed by atoms with Crippen LogP contribution in [-0.4, -0.2) is 17.4 Å². The largest absolute Gasteiger partial charge is 0.355 e. The molecular weight excluding hydrogens is 308 g/mol. The van der Waals surface area contributed by atoms with Gasteiger partial charge in [-0.2, -0.15) is 0 Å². The van der Waals surface area contributed by atoms with Gasteiger partial charge in [0.25, 0.3) is 0 Å². The van der Waals surface area contributed by atoms with E-state index >= 15 is 0 Å². The van der Waals surface area contributed by atoms with Gasteiger partial charge in [-0.1, -0.05) is 43.7 Å². The zero-order valence-electron chi connectivity index (χ0n) is 14.9. The molecule has 2 saturated carbocycles. The van der Waals surface area contributed by atoms with Gasteiger partial charge in [-0.15, -0.1) is 0 Å². The molecule has 1 N–H and O–H groups in total. The van der Waals surface area contributed by atoms with Crippen molar-refractivity contribution >= 4 is 5.91 Å². The summed E-state index contributed by atoms with van der Waals surface area (Å²) in [5.74, 6) is 0.889. The van der Waals surface area contributed by atoms with E-state index in [0.717, 1.165) is 43.4 Å². The number of hydrogen-bond donors (Lipinski definition) is 1. The maximum Gasteiger partial charge on any atom is 0.230 e. The molecule has 2 aliphatic carbocycles. The molecule has 1 aromatic carbocycles. The fourth-order valence-electron chi connectivity index (χ4n) is 3.76. The lowest BCUT2D eigenvalue weighted by molar-refractivity contribution is -0.129. The lowest BCUT2D eigenvalue weighted by atomic mass is 9.63. The summed E-state index contributed by atoms with van der Waals surface area (Å²) in [7, 11) is 0. The van der Waals surface area contributed by atoms with Gasteiger partial charge in [-0.05, 0) is 49.3 Å². The van der Waals surface area contributed by atoms with Crippen molar-refractivity contribution in [3.8, 4) is 11.1 Å². The molecule has 2 aliphatic rings. The average Bonchev–Trinajstić information content (AvgIpc) is 3.45. The molecule has 1 amide bonds. The highest BCUT2D eigenvalue weighted by molar-refractivity contribution is 5.89. The molecule has 2 fully saturated rings. The first-order valence-electron chi connectivity index (χ1n) is 9.58. The van der Waals surface area contributed by atoms with Gasteiger partial charge >= 0.3 is 0 Å². The molecule has 0 saturated heterocycles. The van der Waals surface area contributed by atoms with Crippen LogP contribution >= 0.6 is 0 Å². The van der Waals surface area contributed by atoms with Crippen LogP contribution in [0.4, 0.5) is 0 Å². The summed E-state index contributed by atoms with van der Waals surface area (Å²) >= 11 is 0. The van der Waals surface area contributed by atoms with Crippen molar-refractivity contribution in [3.63, 3.8) is 0 Å². The van der Waals surface area contributed by atoms with E-state index in [1.807, 2.05) is 6.20 Å². The molecular formula is C22H26N2O. The maximum atomic E-state index is 12.6. The summed E-state index contributed by atoms with van der Waals surface area (Å²) in [4.78, 5) is 17.3. The number of hydrogen-bond acceptors (Lipinski definition) is 2. The molecule has 3 heteroatoms. The number of amides is 1. The summed E-state index contributed by atoms with van der Waals surface area (Å²) in [6.07, 6.45) is 8.57. The number of aromatic nitrogens is 1. The van der Waals surface area contributed by atoms with Crippen molar-refractivity contribution in [1.82, 2.24) is 10.3 Å². The first-order valence-corrected chi connectivity index (χ1v) is 9.58. The van der Waals surface area contributed by atoms with Crippen LogP contribution < -0.4 is 5.32 Å². The Bertz CT molecular complexity index is 741. The minimum absolute atomic E-state index is 0.198. The molecule has 0 atom stereocenters. The third-order valence-corrected chi connectivity index (χ3v) is 5.73. The minimum atomic E-state index is -0.304. The Kier molecular flexibility index (Phi) is 4.32. The summed E-state index contributed by atoms with van der Waals surface area (Å²) in [5.41, 5.74) is 4.39. The highest BCUT2D eigenvalue weighted by atomic mass is 16.2. The second-order valence-corrected chi connectivity index (χ2v) is 7.51.